The lowest BCUT2D eigenvalue weighted by molar-refractivity contribution is 0.0118. The molecule has 0 bridgehead atoms. The van der Waals surface area contributed by atoms with Gasteiger partial charge in [0.25, 0.3) is 11.5 Å². The van der Waals surface area contributed by atoms with Gasteiger partial charge >= 0.3 is 6.09 Å². The van der Waals surface area contributed by atoms with Crippen molar-refractivity contribution in [2.24, 2.45) is 12.5 Å². The molecule has 1 aromatic heterocycles. The van der Waals surface area contributed by atoms with Gasteiger partial charge in [-0.2, -0.15) is 0 Å². The average Bonchev–Trinajstić information content (AvgIpc) is 3.12. The number of likely N-dealkylation sites (tertiary alicyclic amines) is 1. The van der Waals surface area contributed by atoms with E-state index in [1.165, 1.54) is 4.57 Å². The highest BCUT2D eigenvalue weighted by atomic mass is 16.6. The summed E-state index contributed by atoms with van der Waals surface area (Å²) in [5.41, 5.74) is 1.30. The van der Waals surface area contributed by atoms with E-state index in [9.17, 15) is 14.4 Å². The molecular weight excluding hydrogens is 370 g/mol. The molecule has 0 atom stereocenters. The molecule has 0 radical (unpaired) electrons. The number of hydrogen-bond acceptors (Lipinski definition) is 4. The monoisotopic (exact) mass is 401 g/mol. The van der Waals surface area contributed by atoms with Crippen LogP contribution in [0.1, 0.15) is 62.0 Å². The topological polar surface area (TPSA) is 80.6 Å². The van der Waals surface area contributed by atoms with E-state index < -0.39 is 5.60 Å². The first-order valence-corrected chi connectivity index (χ1v) is 10.1. The van der Waals surface area contributed by atoms with Crippen LogP contribution in [0.15, 0.2) is 17.1 Å². The van der Waals surface area contributed by atoms with E-state index in [-0.39, 0.29) is 23.0 Å². The Kier molecular flexibility index (Phi) is 5.61. The molecule has 1 fully saturated rings. The average molecular weight is 402 g/mol. The molecule has 0 unspecified atom stereocenters. The second kappa shape index (κ2) is 7.69. The third-order valence-corrected chi connectivity index (χ3v) is 5.67. The highest BCUT2D eigenvalue weighted by Crippen LogP contribution is 2.31. The molecule has 1 saturated heterocycles. The zero-order valence-electron chi connectivity index (χ0n) is 18.0. The van der Waals surface area contributed by atoms with Crippen LogP contribution in [0.25, 0.3) is 6.08 Å². The Morgan fingerprint density at radius 3 is 2.52 bits per heavy atom. The number of amides is 2. The van der Waals surface area contributed by atoms with Crippen molar-refractivity contribution in [2.45, 2.75) is 52.6 Å². The Hall–Kier alpha value is -2.57. The smallest absolute Gasteiger partial charge is 0.410 e. The van der Waals surface area contributed by atoms with Gasteiger partial charge in [-0.15, -0.1) is 0 Å². The van der Waals surface area contributed by atoms with E-state index >= 15 is 0 Å². The number of piperidine rings is 1. The SMILES string of the molecule is Cn1cc(C(=O)NCC2(C)CCN(C(=O)OC(C)(C)C)CC2)c2c(c1=O)CC=C2. The Morgan fingerprint density at radius 1 is 1.24 bits per heavy atom. The van der Waals surface area contributed by atoms with Crippen LogP contribution in [-0.2, 0) is 18.2 Å². The van der Waals surface area contributed by atoms with Crippen molar-refractivity contribution in [3.05, 3.63) is 39.3 Å². The van der Waals surface area contributed by atoms with E-state index in [1.807, 2.05) is 32.9 Å². The van der Waals surface area contributed by atoms with E-state index in [0.29, 0.717) is 37.2 Å². The van der Waals surface area contributed by atoms with Gasteiger partial charge in [0.1, 0.15) is 5.60 Å². The van der Waals surface area contributed by atoms with Crippen LogP contribution >= 0.6 is 0 Å². The van der Waals surface area contributed by atoms with Crippen molar-refractivity contribution in [2.75, 3.05) is 19.6 Å². The summed E-state index contributed by atoms with van der Waals surface area (Å²) < 4.78 is 6.92. The Morgan fingerprint density at radius 2 is 1.90 bits per heavy atom. The second-order valence-electron chi connectivity index (χ2n) is 9.42. The fourth-order valence-electron chi connectivity index (χ4n) is 3.80. The lowest BCUT2D eigenvalue weighted by Crippen LogP contribution is -2.48. The van der Waals surface area contributed by atoms with Gasteiger partial charge in [0.05, 0.1) is 5.56 Å². The molecule has 0 saturated carbocycles. The number of hydrogen-bond donors (Lipinski definition) is 1. The number of allylic oxidation sites excluding steroid dienone is 1. The summed E-state index contributed by atoms with van der Waals surface area (Å²) in [5.74, 6) is -0.167. The lowest BCUT2D eigenvalue weighted by atomic mass is 9.80. The first-order chi connectivity index (χ1) is 13.5. The number of nitrogens with zero attached hydrogens (tertiary/aromatic N) is 2. The van der Waals surface area contributed by atoms with Crippen LogP contribution in [-0.4, -0.2) is 46.7 Å². The standard InChI is InChI=1S/C22H31N3O4/c1-21(2,3)29-20(28)25-11-9-22(4,10-12-25)14-23-18(26)17-13-24(5)19(27)16-8-6-7-15(16)17/h6-7,13H,8-12,14H2,1-5H3,(H,23,26). The molecule has 2 amide bonds. The summed E-state index contributed by atoms with van der Waals surface area (Å²) in [5, 5.41) is 3.04. The lowest BCUT2D eigenvalue weighted by Gasteiger charge is -2.39. The van der Waals surface area contributed by atoms with Crippen molar-refractivity contribution in [1.29, 1.82) is 0 Å². The molecule has 0 spiro atoms. The first kappa shape index (κ1) is 21.1. The zero-order chi connectivity index (χ0) is 21.4. The van der Waals surface area contributed by atoms with Gasteiger partial charge in [0.2, 0.25) is 0 Å². The van der Waals surface area contributed by atoms with Crippen LogP contribution in [0, 0.1) is 5.41 Å². The zero-order valence-corrected chi connectivity index (χ0v) is 18.0. The van der Waals surface area contributed by atoms with E-state index in [4.69, 9.17) is 4.74 Å². The molecule has 1 aliphatic heterocycles. The summed E-state index contributed by atoms with van der Waals surface area (Å²) in [7, 11) is 1.67. The Balaban J connectivity index is 1.60. The predicted octanol–water partition coefficient (Wildman–Crippen LogP) is 2.72. The van der Waals surface area contributed by atoms with E-state index in [1.54, 1.807) is 18.1 Å². The molecule has 2 heterocycles. The van der Waals surface area contributed by atoms with Crippen LogP contribution < -0.4 is 10.9 Å². The molecule has 7 heteroatoms. The number of aryl methyl sites for hydroxylation is 1. The highest BCUT2D eigenvalue weighted by molar-refractivity contribution is 5.98. The number of aromatic nitrogens is 1. The van der Waals surface area contributed by atoms with Crippen LogP contribution in [0.5, 0.6) is 0 Å². The molecule has 0 aromatic carbocycles. The third kappa shape index (κ3) is 4.71. The number of nitrogens with one attached hydrogen (secondary N) is 1. The van der Waals surface area contributed by atoms with Gasteiger partial charge < -0.3 is 19.5 Å². The van der Waals surface area contributed by atoms with Crippen molar-refractivity contribution < 1.29 is 14.3 Å². The molecule has 2 aliphatic rings. The molecule has 1 aromatic rings. The molecule has 3 rings (SSSR count). The summed E-state index contributed by atoms with van der Waals surface area (Å²) in [4.78, 5) is 39.0. The van der Waals surface area contributed by atoms with Gasteiger partial charge in [-0.05, 0) is 51.0 Å². The van der Waals surface area contributed by atoms with Gasteiger partial charge in [-0.1, -0.05) is 19.1 Å². The van der Waals surface area contributed by atoms with Gasteiger partial charge in [0.15, 0.2) is 0 Å². The van der Waals surface area contributed by atoms with Gasteiger partial charge in [-0.3, -0.25) is 9.59 Å². The quantitative estimate of drug-likeness (QED) is 0.844. The molecule has 1 aliphatic carbocycles. The number of pyridine rings is 1. The largest absolute Gasteiger partial charge is 0.444 e. The van der Waals surface area contributed by atoms with Crippen molar-refractivity contribution in [1.82, 2.24) is 14.8 Å². The number of rotatable bonds is 3. The van der Waals surface area contributed by atoms with Crippen LogP contribution in [0.4, 0.5) is 4.79 Å². The number of carbonyl (C=O) groups is 2. The van der Waals surface area contributed by atoms with Crippen molar-refractivity contribution in [3.63, 3.8) is 0 Å². The van der Waals surface area contributed by atoms with Crippen molar-refractivity contribution in [3.8, 4) is 0 Å². The fraction of sp³-hybridized carbons (Fsp3) is 0.591. The summed E-state index contributed by atoms with van der Waals surface area (Å²) in [6, 6.07) is 0. The summed E-state index contributed by atoms with van der Waals surface area (Å²) in [6.45, 7) is 9.46. The van der Waals surface area contributed by atoms with Crippen molar-refractivity contribution >= 4 is 18.1 Å². The molecule has 1 N–H and O–H groups in total. The maximum atomic E-state index is 12.8. The van der Waals surface area contributed by atoms with E-state index in [0.717, 1.165) is 18.4 Å². The minimum atomic E-state index is -0.504. The molecule has 158 valence electrons. The van der Waals surface area contributed by atoms with Crippen LogP contribution in [0.2, 0.25) is 0 Å². The first-order valence-electron chi connectivity index (χ1n) is 10.1. The summed E-state index contributed by atoms with van der Waals surface area (Å²) >= 11 is 0. The molecule has 29 heavy (non-hydrogen) atoms. The number of ether oxygens (including phenoxy) is 1. The maximum Gasteiger partial charge on any atom is 0.410 e. The number of fused-ring (bicyclic) bond motifs is 1. The third-order valence-electron chi connectivity index (χ3n) is 5.67. The summed E-state index contributed by atoms with van der Waals surface area (Å²) in [6.07, 6.45) is 7.25. The maximum absolute atomic E-state index is 12.8. The molecular formula is C22H31N3O4. The minimum absolute atomic E-state index is 0.0528. The normalized spacial score (nSPS) is 17.8. The van der Waals surface area contributed by atoms with Crippen LogP contribution in [0.3, 0.4) is 0 Å². The Bertz CT molecular complexity index is 900. The molecule has 7 nitrogen and oxygen atoms in total. The van der Waals surface area contributed by atoms with Gasteiger partial charge in [-0.25, -0.2) is 4.79 Å². The van der Waals surface area contributed by atoms with E-state index in [2.05, 4.69) is 12.2 Å². The second-order valence-corrected chi connectivity index (χ2v) is 9.42. The number of carbonyl (C=O) groups excluding carboxylic acids is 2. The minimum Gasteiger partial charge on any atom is -0.444 e. The highest BCUT2D eigenvalue weighted by Gasteiger charge is 2.34. The fourth-order valence-corrected chi connectivity index (χ4v) is 3.80. The van der Waals surface area contributed by atoms with Gasteiger partial charge in [0, 0.05) is 38.4 Å². The predicted molar refractivity (Wildman–Crippen MR) is 112 cm³/mol. The Labute approximate surface area is 171 Å².